The molecule has 2 aliphatic heterocycles. The highest BCUT2D eigenvalue weighted by molar-refractivity contribution is 6.23. The molecule has 5 rings (SSSR count). The van der Waals surface area contributed by atoms with Crippen molar-refractivity contribution in [2.24, 2.45) is 0 Å². The van der Waals surface area contributed by atoms with Gasteiger partial charge in [0.15, 0.2) is 0 Å². The molecule has 2 aromatic carbocycles. The first-order chi connectivity index (χ1) is 15.7. The minimum Gasteiger partial charge on any atom is -0.320 e. The van der Waals surface area contributed by atoms with E-state index in [4.69, 9.17) is 0 Å². The highest BCUT2D eigenvalue weighted by Crippen LogP contribution is 2.48. The van der Waals surface area contributed by atoms with E-state index in [2.05, 4.69) is 4.98 Å². The van der Waals surface area contributed by atoms with E-state index in [1.165, 1.54) is 0 Å². The van der Waals surface area contributed by atoms with Crippen molar-refractivity contribution in [1.29, 1.82) is 0 Å². The summed E-state index contributed by atoms with van der Waals surface area (Å²) in [5.74, 6) is -1.10. The summed E-state index contributed by atoms with van der Waals surface area (Å²) >= 11 is 0. The molecule has 1 saturated heterocycles. The van der Waals surface area contributed by atoms with Crippen LogP contribution in [-0.4, -0.2) is 38.5 Å². The quantitative estimate of drug-likeness (QED) is 0.452. The maximum absolute atomic E-state index is 13.7. The van der Waals surface area contributed by atoms with E-state index >= 15 is 0 Å². The van der Waals surface area contributed by atoms with Gasteiger partial charge in [0.05, 0.1) is 28.4 Å². The average Bonchev–Trinajstić information content (AvgIpc) is 3.05. The summed E-state index contributed by atoms with van der Waals surface area (Å²) < 4.78 is 0. The number of pyridine rings is 1. The number of fused-ring (bicyclic) bond motifs is 1. The summed E-state index contributed by atoms with van der Waals surface area (Å²) in [7, 11) is 0. The second kappa shape index (κ2) is 7.37. The standard InChI is InChI=1S/C27H25N3O3/c1-16-12-13-18(15-17(16)2)22-23(29-24(31)19-9-5-6-10-20(19)25(29)32)26(33)30(22)27(3,4)21-11-7-8-14-28-21/h5-15,22-23H,1-4H3/t22-,23-/m0/s1. The van der Waals surface area contributed by atoms with Crippen molar-refractivity contribution in [3.8, 4) is 0 Å². The lowest BCUT2D eigenvalue weighted by molar-refractivity contribution is -0.168. The average molecular weight is 440 g/mol. The molecule has 0 spiro atoms. The van der Waals surface area contributed by atoms with E-state index < -0.39 is 29.4 Å². The fraction of sp³-hybridized carbons (Fsp3) is 0.259. The molecule has 2 aliphatic rings. The summed E-state index contributed by atoms with van der Waals surface area (Å²) in [6.45, 7) is 7.94. The Morgan fingerprint density at radius 2 is 1.42 bits per heavy atom. The number of carbonyl (C=O) groups excluding carboxylic acids is 3. The molecule has 6 heteroatoms. The number of hydrogen-bond acceptors (Lipinski definition) is 4. The third-order valence-corrected chi connectivity index (χ3v) is 6.94. The van der Waals surface area contributed by atoms with E-state index in [1.807, 2.05) is 64.1 Å². The van der Waals surface area contributed by atoms with Crippen molar-refractivity contribution < 1.29 is 14.4 Å². The number of carbonyl (C=O) groups is 3. The molecule has 0 bridgehead atoms. The van der Waals surface area contributed by atoms with Gasteiger partial charge >= 0.3 is 0 Å². The van der Waals surface area contributed by atoms with Gasteiger partial charge in [0.2, 0.25) is 5.91 Å². The van der Waals surface area contributed by atoms with Gasteiger partial charge in [0.25, 0.3) is 11.8 Å². The first-order valence-corrected chi connectivity index (χ1v) is 11.0. The lowest BCUT2D eigenvalue weighted by Crippen LogP contribution is -2.70. The number of hydrogen-bond donors (Lipinski definition) is 0. The Hall–Kier alpha value is -3.80. The summed E-state index contributed by atoms with van der Waals surface area (Å²) in [5, 5.41) is 0. The molecule has 33 heavy (non-hydrogen) atoms. The maximum Gasteiger partial charge on any atom is 0.262 e. The van der Waals surface area contributed by atoms with Crippen LogP contribution in [0.4, 0.5) is 0 Å². The van der Waals surface area contributed by atoms with Crippen LogP contribution in [0.5, 0.6) is 0 Å². The Kier molecular flexibility index (Phi) is 4.71. The predicted octanol–water partition coefficient (Wildman–Crippen LogP) is 4.18. The zero-order chi connectivity index (χ0) is 23.5. The van der Waals surface area contributed by atoms with Gasteiger partial charge in [0, 0.05) is 6.20 Å². The molecule has 2 atom stereocenters. The van der Waals surface area contributed by atoms with Crippen LogP contribution in [0, 0.1) is 13.8 Å². The third-order valence-electron chi connectivity index (χ3n) is 6.94. The number of rotatable bonds is 4. The third kappa shape index (κ3) is 3.01. The number of aryl methyl sites for hydroxylation is 2. The molecule has 0 unspecified atom stereocenters. The fourth-order valence-corrected chi connectivity index (χ4v) is 4.94. The van der Waals surface area contributed by atoms with Gasteiger partial charge in [0.1, 0.15) is 6.04 Å². The number of benzene rings is 2. The van der Waals surface area contributed by atoms with Crippen LogP contribution in [-0.2, 0) is 10.3 Å². The van der Waals surface area contributed by atoms with Crippen LogP contribution in [0.15, 0.2) is 66.9 Å². The van der Waals surface area contributed by atoms with Gasteiger partial charge in [-0.1, -0.05) is 36.4 Å². The SMILES string of the molecule is Cc1ccc([C@H]2[C@H](N3C(=O)c4ccccc4C3=O)C(=O)N2C(C)(C)c2ccccn2)cc1C. The van der Waals surface area contributed by atoms with Crippen molar-refractivity contribution in [2.45, 2.75) is 45.3 Å². The van der Waals surface area contributed by atoms with Crippen LogP contribution in [0.25, 0.3) is 0 Å². The highest BCUT2D eigenvalue weighted by Gasteiger charge is 2.60. The number of imide groups is 1. The smallest absolute Gasteiger partial charge is 0.262 e. The first-order valence-electron chi connectivity index (χ1n) is 11.0. The molecule has 3 heterocycles. The lowest BCUT2D eigenvalue weighted by atomic mass is 9.80. The van der Waals surface area contributed by atoms with E-state index in [1.54, 1.807) is 35.4 Å². The Balaban J connectivity index is 1.62. The molecule has 1 aromatic heterocycles. The van der Waals surface area contributed by atoms with Crippen molar-refractivity contribution in [3.05, 3.63) is 100 Å². The lowest BCUT2D eigenvalue weighted by Gasteiger charge is -2.56. The zero-order valence-corrected chi connectivity index (χ0v) is 19.1. The van der Waals surface area contributed by atoms with Gasteiger partial charge in [-0.15, -0.1) is 0 Å². The normalized spacial score (nSPS) is 20.2. The van der Waals surface area contributed by atoms with Gasteiger partial charge < -0.3 is 4.90 Å². The molecule has 0 radical (unpaired) electrons. The molecule has 0 N–H and O–H groups in total. The summed E-state index contributed by atoms with van der Waals surface area (Å²) in [5.41, 5.74) is 3.81. The Morgan fingerprint density at radius 1 is 0.788 bits per heavy atom. The second-order valence-corrected chi connectivity index (χ2v) is 9.24. The minimum absolute atomic E-state index is 0.261. The minimum atomic E-state index is -0.900. The van der Waals surface area contributed by atoms with E-state index in [0.717, 1.165) is 27.3 Å². The van der Waals surface area contributed by atoms with Crippen molar-refractivity contribution in [2.75, 3.05) is 0 Å². The maximum atomic E-state index is 13.7. The molecular formula is C27H25N3O3. The van der Waals surface area contributed by atoms with Gasteiger partial charge in [-0.3, -0.25) is 24.3 Å². The molecule has 3 aromatic rings. The van der Waals surface area contributed by atoms with Gasteiger partial charge in [-0.05, 0) is 68.7 Å². The Bertz CT molecular complexity index is 1260. The molecule has 0 aliphatic carbocycles. The molecule has 3 amide bonds. The molecule has 166 valence electrons. The van der Waals surface area contributed by atoms with Crippen LogP contribution in [0.3, 0.4) is 0 Å². The Labute approximate surface area is 192 Å². The van der Waals surface area contributed by atoms with Gasteiger partial charge in [-0.25, -0.2) is 0 Å². The monoisotopic (exact) mass is 439 g/mol. The van der Waals surface area contributed by atoms with Crippen LogP contribution < -0.4 is 0 Å². The number of nitrogens with zero attached hydrogens (tertiary/aromatic N) is 3. The van der Waals surface area contributed by atoms with Crippen LogP contribution >= 0.6 is 0 Å². The van der Waals surface area contributed by atoms with E-state index in [0.29, 0.717) is 11.1 Å². The van der Waals surface area contributed by atoms with Crippen LogP contribution in [0.1, 0.15) is 63.0 Å². The zero-order valence-electron chi connectivity index (χ0n) is 19.1. The molecular weight excluding hydrogens is 414 g/mol. The first kappa shape index (κ1) is 21.1. The number of amides is 3. The highest BCUT2D eigenvalue weighted by atomic mass is 16.2. The summed E-state index contributed by atoms with van der Waals surface area (Å²) in [6, 6.07) is 17.0. The summed E-state index contributed by atoms with van der Waals surface area (Å²) in [6.07, 6.45) is 1.70. The van der Waals surface area contributed by atoms with Crippen molar-refractivity contribution in [1.82, 2.24) is 14.8 Å². The Morgan fingerprint density at radius 3 is 2.00 bits per heavy atom. The van der Waals surface area contributed by atoms with Gasteiger partial charge in [-0.2, -0.15) is 0 Å². The van der Waals surface area contributed by atoms with E-state index in [-0.39, 0.29) is 5.91 Å². The van der Waals surface area contributed by atoms with Crippen molar-refractivity contribution in [3.63, 3.8) is 0 Å². The number of β-lactam (4-membered cyclic amide) rings is 1. The van der Waals surface area contributed by atoms with E-state index in [9.17, 15) is 14.4 Å². The fourth-order valence-electron chi connectivity index (χ4n) is 4.94. The summed E-state index contributed by atoms with van der Waals surface area (Å²) in [4.78, 5) is 47.6. The molecule has 0 saturated carbocycles. The largest absolute Gasteiger partial charge is 0.320 e. The molecule has 1 fully saturated rings. The molecule has 6 nitrogen and oxygen atoms in total. The van der Waals surface area contributed by atoms with Crippen LogP contribution in [0.2, 0.25) is 0 Å². The number of likely N-dealkylation sites (tertiary alicyclic amines) is 1. The topological polar surface area (TPSA) is 70.6 Å². The number of aromatic nitrogens is 1. The predicted molar refractivity (Wildman–Crippen MR) is 123 cm³/mol. The van der Waals surface area contributed by atoms with Crippen molar-refractivity contribution >= 4 is 17.7 Å². The second-order valence-electron chi connectivity index (χ2n) is 9.24.